The zero-order valence-electron chi connectivity index (χ0n) is 26.9. The number of nitrogens with two attached hydrogens (primary N) is 1. The number of carbonyl (C=O) groups excluding carboxylic acids is 2. The molecule has 3 fully saturated rings. The van der Waals surface area contributed by atoms with Crippen LogP contribution in [0, 0.1) is 11.6 Å². The number of halogens is 4. The predicted molar refractivity (Wildman–Crippen MR) is 177 cm³/mol. The van der Waals surface area contributed by atoms with Gasteiger partial charge in [0.25, 0.3) is 11.6 Å². The Kier molecular flexibility index (Phi) is 10.7. The number of rotatable bonds is 12. The number of nitrogens with one attached hydrogen (secondary N) is 1. The van der Waals surface area contributed by atoms with Gasteiger partial charge in [-0.3, -0.25) is 9.18 Å². The van der Waals surface area contributed by atoms with Gasteiger partial charge in [-0.1, -0.05) is 24.9 Å². The Morgan fingerprint density at radius 2 is 1.87 bits per heavy atom. The summed E-state index contributed by atoms with van der Waals surface area (Å²) in [5, 5.41) is 2.94. The summed E-state index contributed by atoms with van der Waals surface area (Å²) in [5.74, 6) is -0.907. The zero-order valence-corrected chi connectivity index (χ0v) is 27.7. The van der Waals surface area contributed by atoms with Crippen LogP contribution in [0.5, 0.6) is 5.75 Å². The highest BCUT2D eigenvalue weighted by Gasteiger charge is 2.47. The molecule has 7 rings (SSSR count). The molecule has 2 heterocycles. The van der Waals surface area contributed by atoms with Crippen LogP contribution in [0.15, 0.2) is 36.4 Å². The molecule has 250 valence electrons. The Labute approximate surface area is 278 Å². The number of alkyl halides is 1. The Balaban J connectivity index is 0.00000105. The number of aldehydes is 1. The molecule has 1 unspecified atom stereocenters. The van der Waals surface area contributed by atoms with Crippen molar-refractivity contribution in [1.29, 1.82) is 0 Å². The molecule has 3 aliphatic carbocycles. The summed E-state index contributed by atoms with van der Waals surface area (Å²) in [7, 11) is 2.00. The van der Waals surface area contributed by atoms with Crippen molar-refractivity contribution >= 4 is 35.7 Å². The quantitative estimate of drug-likeness (QED) is 0.158. The van der Waals surface area contributed by atoms with Crippen LogP contribution < -0.4 is 15.8 Å². The van der Waals surface area contributed by atoms with Crippen molar-refractivity contribution in [2.45, 2.75) is 81.8 Å². The third-order valence-electron chi connectivity index (χ3n) is 8.95. The first kappa shape index (κ1) is 34.6. The SMILES string of the molecule is CCCC(CNC(=O)c1cc2c(c(OC3CC3)c1)[N+](C1CC1)=C2)c1cc(C2(C=O)CC2)c(F)c(-c2ccc(F)c(Cl)c2)n1.CF.CN. The highest BCUT2D eigenvalue weighted by molar-refractivity contribution is 6.31. The predicted octanol–water partition coefficient (Wildman–Crippen LogP) is 7.17. The summed E-state index contributed by atoms with van der Waals surface area (Å²) in [6, 6.07) is 9.91. The summed E-state index contributed by atoms with van der Waals surface area (Å²) in [6.07, 6.45) is 10.1. The smallest absolute Gasteiger partial charge is 0.261 e. The third kappa shape index (κ3) is 7.23. The number of benzene rings is 2. The molecule has 3 N–H and O–H groups in total. The van der Waals surface area contributed by atoms with E-state index >= 15 is 4.39 Å². The second-order valence-corrected chi connectivity index (χ2v) is 12.8. The lowest BCUT2D eigenvalue weighted by Gasteiger charge is -2.22. The number of hydrogen-bond acceptors (Lipinski definition) is 5. The standard InChI is InChI=1S/C34H32ClF2N3O3.CH3F.CH5N/c1-2-3-20(16-38-33(42)21-12-22-17-40(23-5-6-23)32(22)29(14-21)43-24-7-8-24)28-15-25(34(18-41)10-11-34)30(37)31(39-28)19-4-9-27(36)26(35)13-19;2*1-2/h4,9,12-15,17-18,20,23-24H,2-3,5-8,10-11,16H2,1H3;1H3;2H2,1H3/p+1. The van der Waals surface area contributed by atoms with Gasteiger partial charge >= 0.3 is 0 Å². The largest absolute Gasteiger partial charge is 0.484 e. The molecular weight excluding hydrogens is 629 g/mol. The van der Waals surface area contributed by atoms with Crippen molar-refractivity contribution in [2.75, 3.05) is 20.8 Å². The second kappa shape index (κ2) is 14.6. The topological polar surface area (TPSA) is 97.3 Å². The minimum absolute atomic E-state index is 0.0231. The average molecular weight is 670 g/mol. The highest BCUT2D eigenvalue weighted by Crippen LogP contribution is 2.49. The maximum absolute atomic E-state index is 15.9. The van der Waals surface area contributed by atoms with E-state index in [2.05, 4.69) is 26.8 Å². The van der Waals surface area contributed by atoms with Crippen LogP contribution in [0.2, 0.25) is 5.02 Å². The molecule has 1 aromatic heterocycles. The number of carbonyl (C=O) groups is 2. The zero-order chi connectivity index (χ0) is 33.9. The Hall–Kier alpha value is -3.76. The number of ether oxygens (including phenoxy) is 1. The Morgan fingerprint density at radius 3 is 2.47 bits per heavy atom. The van der Waals surface area contributed by atoms with E-state index in [1.54, 1.807) is 6.07 Å². The molecule has 0 bridgehead atoms. The van der Waals surface area contributed by atoms with E-state index in [9.17, 15) is 18.4 Å². The molecule has 7 nitrogen and oxygen atoms in total. The fourth-order valence-corrected chi connectivity index (χ4v) is 6.12. The van der Waals surface area contributed by atoms with Crippen molar-refractivity contribution in [3.05, 3.63) is 75.4 Å². The first-order chi connectivity index (χ1) is 22.8. The van der Waals surface area contributed by atoms with E-state index in [1.807, 2.05) is 19.1 Å². The molecule has 11 heteroatoms. The molecular formula is C36H41ClF3N4O3+. The maximum Gasteiger partial charge on any atom is 0.261 e. The molecule has 4 aliphatic rings. The fourth-order valence-electron chi connectivity index (χ4n) is 5.94. The summed E-state index contributed by atoms with van der Waals surface area (Å²) >= 11 is 6.03. The molecule has 3 aromatic rings. The van der Waals surface area contributed by atoms with Gasteiger partial charge in [-0.2, -0.15) is 4.58 Å². The molecule has 0 radical (unpaired) electrons. The van der Waals surface area contributed by atoms with Crippen LogP contribution in [-0.2, 0) is 10.2 Å². The molecule has 0 spiro atoms. The van der Waals surface area contributed by atoms with E-state index in [1.165, 1.54) is 38.1 Å². The van der Waals surface area contributed by atoms with Crippen LogP contribution in [0.3, 0.4) is 0 Å². The molecule has 1 amide bonds. The number of aromatic nitrogens is 1. The molecule has 2 aromatic carbocycles. The van der Waals surface area contributed by atoms with Gasteiger partial charge in [-0.25, -0.2) is 13.8 Å². The van der Waals surface area contributed by atoms with E-state index in [4.69, 9.17) is 16.3 Å². The molecule has 3 saturated carbocycles. The van der Waals surface area contributed by atoms with Gasteiger partial charge in [0, 0.05) is 47.7 Å². The summed E-state index contributed by atoms with van der Waals surface area (Å²) in [4.78, 5) is 30.2. The van der Waals surface area contributed by atoms with Gasteiger partial charge in [0.15, 0.2) is 23.8 Å². The van der Waals surface area contributed by atoms with Crippen molar-refractivity contribution in [3.63, 3.8) is 0 Å². The number of fused-ring (bicyclic) bond motifs is 1. The van der Waals surface area contributed by atoms with E-state index in [0.29, 0.717) is 49.3 Å². The lowest BCUT2D eigenvalue weighted by molar-refractivity contribution is -0.462. The van der Waals surface area contributed by atoms with E-state index in [0.717, 1.165) is 42.5 Å². The van der Waals surface area contributed by atoms with Gasteiger partial charge in [0.2, 0.25) is 0 Å². The number of nitrogens with zero attached hydrogens (tertiary/aromatic N) is 2. The van der Waals surface area contributed by atoms with Crippen LogP contribution in [0.25, 0.3) is 11.3 Å². The lowest BCUT2D eigenvalue weighted by Crippen LogP contribution is -2.30. The van der Waals surface area contributed by atoms with E-state index < -0.39 is 17.0 Å². The van der Waals surface area contributed by atoms with Gasteiger partial charge in [-0.15, -0.1) is 0 Å². The first-order valence-corrected chi connectivity index (χ1v) is 16.5. The van der Waals surface area contributed by atoms with E-state index in [-0.39, 0.29) is 40.8 Å². The second-order valence-electron chi connectivity index (χ2n) is 12.4. The molecule has 47 heavy (non-hydrogen) atoms. The fraction of sp³-hybridized carbons (Fsp3) is 0.444. The normalized spacial score (nSPS) is 17.3. The summed E-state index contributed by atoms with van der Waals surface area (Å²) in [5.41, 5.74) is 7.44. The van der Waals surface area contributed by atoms with Crippen LogP contribution >= 0.6 is 11.6 Å². The average Bonchev–Trinajstić information content (AvgIpc) is 3.92. The Bertz CT molecular complexity index is 1690. The molecule has 1 aliphatic heterocycles. The number of hydrogen-bond donors (Lipinski definition) is 2. The van der Waals surface area contributed by atoms with Gasteiger partial charge in [0.05, 0.1) is 23.7 Å². The van der Waals surface area contributed by atoms with Crippen molar-refractivity contribution in [1.82, 2.24) is 10.3 Å². The molecule has 1 atom stereocenters. The third-order valence-corrected chi connectivity index (χ3v) is 9.24. The van der Waals surface area contributed by atoms with Gasteiger partial charge < -0.3 is 20.6 Å². The Morgan fingerprint density at radius 1 is 1.15 bits per heavy atom. The maximum atomic E-state index is 15.9. The van der Waals surface area contributed by atoms with Gasteiger partial charge in [0.1, 0.15) is 23.4 Å². The van der Waals surface area contributed by atoms with Crippen LogP contribution in [0.1, 0.15) is 91.4 Å². The summed E-state index contributed by atoms with van der Waals surface area (Å²) < 4.78 is 47.8. The molecule has 0 saturated heterocycles. The minimum atomic E-state index is -0.894. The number of amides is 1. The van der Waals surface area contributed by atoms with Crippen LogP contribution in [0.4, 0.5) is 18.9 Å². The van der Waals surface area contributed by atoms with Crippen molar-refractivity contribution in [2.24, 2.45) is 5.73 Å². The van der Waals surface area contributed by atoms with Gasteiger partial charge in [-0.05, 0) is 75.5 Å². The van der Waals surface area contributed by atoms with Crippen molar-refractivity contribution in [3.8, 4) is 17.0 Å². The van der Waals surface area contributed by atoms with Crippen molar-refractivity contribution < 1.29 is 32.1 Å². The first-order valence-electron chi connectivity index (χ1n) is 16.1. The lowest BCUT2D eigenvalue weighted by atomic mass is 9.90. The minimum Gasteiger partial charge on any atom is -0.484 e. The van der Waals surface area contributed by atoms with Crippen LogP contribution in [-0.4, -0.2) is 60.9 Å². The number of pyridine rings is 1. The summed E-state index contributed by atoms with van der Waals surface area (Å²) in [6.45, 7) is 2.31. The monoisotopic (exact) mass is 669 g/mol. The highest BCUT2D eigenvalue weighted by atomic mass is 35.5.